The molecule has 0 saturated carbocycles. The smallest absolute Gasteiger partial charge is 0.244 e. The maximum absolute atomic E-state index is 5.70. The lowest BCUT2D eigenvalue weighted by atomic mass is 10.2. The van der Waals surface area contributed by atoms with Gasteiger partial charge in [-0.2, -0.15) is 10.1 Å². The van der Waals surface area contributed by atoms with Gasteiger partial charge >= 0.3 is 0 Å². The SMILES string of the molecule is Cc1cccc(N(C)c2cnnc(Cl)n2)c1. The van der Waals surface area contributed by atoms with E-state index in [1.54, 1.807) is 6.20 Å². The summed E-state index contributed by atoms with van der Waals surface area (Å²) in [4.78, 5) is 6.01. The van der Waals surface area contributed by atoms with E-state index in [1.165, 1.54) is 5.56 Å². The fraction of sp³-hybridized carbons (Fsp3) is 0.182. The molecule has 0 radical (unpaired) electrons. The summed E-state index contributed by atoms with van der Waals surface area (Å²) in [6, 6.07) is 8.11. The van der Waals surface area contributed by atoms with Crippen LogP contribution in [0.4, 0.5) is 11.5 Å². The van der Waals surface area contributed by atoms with Gasteiger partial charge in [0.05, 0.1) is 6.20 Å². The van der Waals surface area contributed by atoms with Gasteiger partial charge in [0.25, 0.3) is 0 Å². The molecule has 2 aromatic rings. The number of anilines is 2. The number of hydrogen-bond donors (Lipinski definition) is 0. The summed E-state index contributed by atoms with van der Waals surface area (Å²) in [5.41, 5.74) is 2.23. The highest BCUT2D eigenvalue weighted by atomic mass is 35.5. The number of aryl methyl sites for hydroxylation is 1. The zero-order chi connectivity index (χ0) is 11.5. The van der Waals surface area contributed by atoms with Crippen LogP contribution >= 0.6 is 11.6 Å². The van der Waals surface area contributed by atoms with Gasteiger partial charge in [-0.25, -0.2) is 0 Å². The maximum Gasteiger partial charge on any atom is 0.244 e. The molecule has 0 unspecified atom stereocenters. The Balaban J connectivity index is 2.35. The zero-order valence-electron chi connectivity index (χ0n) is 9.05. The van der Waals surface area contributed by atoms with Crippen LogP contribution in [0, 0.1) is 6.92 Å². The van der Waals surface area contributed by atoms with Gasteiger partial charge in [-0.05, 0) is 36.2 Å². The predicted molar refractivity (Wildman–Crippen MR) is 64.1 cm³/mol. The predicted octanol–water partition coefficient (Wildman–Crippen LogP) is 2.60. The number of halogens is 1. The van der Waals surface area contributed by atoms with Crippen LogP contribution in [0.5, 0.6) is 0 Å². The molecule has 0 aliphatic rings. The first-order chi connectivity index (χ1) is 7.66. The molecule has 0 aliphatic carbocycles. The van der Waals surface area contributed by atoms with Gasteiger partial charge in [0.15, 0.2) is 5.82 Å². The van der Waals surface area contributed by atoms with Crippen LogP contribution in [0.2, 0.25) is 5.28 Å². The van der Waals surface area contributed by atoms with E-state index in [0.29, 0.717) is 5.82 Å². The molecule has 0 aliphatic heterocycles. The summed E-state index contributed by atoms with van der Waals surface area (Å²) in [5, 5.41) is 7.53. The first-order valence-corrected chi connectivity index (χ1v) is 5.20. The highest BCUT2D eigenvalue weighted by Gasteiger charge is 2.06. The molecule has 0 fully saturated rings. The lowest BCUT2D eigenvalue weighted by Gasteiger charge is -2.17. The monoisotopic (exact) mass is 234 g/mol. The topological polar surface area (TPSA) is 41.9 Å². The first-order valence-electron chi connectivity index (χ1n) is 4.82. The highest BCUT2D eigenvalue weighted by Crippen LogP contribution is 2.21. The van der Waals surface area contributed by atoms with Crippen molar-refractivity contribution in [2.75, 3.05) is 11.9 Å². The van der Waals surface area contributed by atoms with E-state index >= 15 is 0 Å². The van der Waals surface area contributed by atoms with Crippen molar-refractivity contribution in [3.05, 3.63) is 41.3 Å². The van der Waals surface area contributed by atoms with Crippen LogP contribution in [0.15, 0.2) is 30.5 Å². The fourth-order valence-electron chi connectivity index (χ4n) is 1.40. The van der Waals surface area contributed by atoms with E-state index < -0.39 is 0 Å². The third-order valence-corrected chi connectivity index (χ3v) is 2.41. The second-order valence-corrected chi connectivity index (χ2v) is 3.82. The van der Waals surface area contributed by atoms with Crippen LogP contribution in [-0.4, -0.2) is 22.2 Å². The van der Waals surface area contributed by atoms with Crippen LogP contribution in [-0.2, 0) is 0 Å². The number of nitrogens with zero attached hydrogens (tertiary/aromatic N) is 4. The summed E-state index contributed by atoms with van der Waals surface area (Å²) in [6.07, 6.45) is 1.58. The maximum atomic E-state index is 5.70. The van der Waals surface area contributed by atoms with Crippen molar-refractivity contribution < 1.29 is 0 Å². The van der Waals surface area contributed by atoms with Crippen LogP contribution in [0.3, 0.4) is 0 Å². The van der Waals surface area contributed by atoms with Gasteiger partial charge in [0.2, 0.25) is 5.28 Å². The average Bonchev–Trinajstić information content (AvgIpc) is 2.28. The van der Waals surface area contributed by atoms with Gasteiger partial charge in [0, 0.05) is 12.7 Å². The molecular formula is C11H11ClN4. The Bertz CT molecular complexity index is 455. The zero-order valence-corrected chi connectivity index (χ0v) is 9.81. The number of benzene rings is 1. The number of aromatic nitrogens is 3. The Kier molecular flexibility index (Phi) is 3.01. The molecule has 0 N–H and O–H groups in total. The van der Waals surface area contributed by atoms with Crippen molar-refractivity contribution in [3.63, 3.8) is 0 Å². The summed E-state index contributed by atoms with van der Waals surface area (Å²) in [7, 11) is 1.91. The van der Waals surface area contributed by atoms with Crippen molar-refractivity contribution in [1.82, 2.24) is 15.2 Å². The van der Waals surface area contributed by atoms with E-state index in [9.17, 15) is 0 Å². The summed E-state index contributed by atoms with van der Waals surface area (Å²) >= 11 is 5.70. The quantitative estimate of drug-likeness (QED) is 0.801. The lowest BCUT2D eigenvalue weighted by molar-refractivity contribution is 0.948. The molecule has 1 heterocycles. The first kappa shape index (κ1) is 10.8. The minimum absolute atomic E-state index is 0.150. The minimum Gasteiger partial charge on any atom is -0.328 e. The third kappa shape index (κ3) is 2.28. The third-order valence-electron chi connectivity index (χ3n) is 2.25. The molecular weight excluding hydrogens is 224 g/mol. The van der Waals surface area contributed by atoms with E-state index in [-0.39, 0.29) is 5.28 Å². The van der Waals surface area contributed by atoms with E-state index in [0.717, 1.165) is 5.69 Å². The van der Waals surface area contributed by atoms with Crippen LogP contribution < -0.4 is 4.90 Å². The molecule has 1 aromatic carbocycles. The van der Waals surface area contributed by atoms with Gasteiger partial charge in [-0.1, -0.05) is 12.1 Å². The average molecular weight is 235 g/mol. The molecule has 0 bridgehead atoms. The Morgan fingerprint density at radius 2 is 2.12 bits per heavy atom. The molecule has 1 aromatic heterocycles. The summed E-state index contributed by atoms with van der Waals surface area (Å²) in [6.45, 7) is 2.04. The molecule has 2 rings (SSSR count). The standard InChI is InChI=1S/C11H11ClN4/c1-8-4-3-5-9(6-8)16(2)10-7-13-15-11(12)14-10/h3-7H,1-2H3. The molecule has 5 heteroatoms. The van der Waals surface area contributed by atoms with Crippen molar-refractivity contribution in [2.24, 2.45) is 0 Å². The number of rotatable bonds is 2. The summed E-state index contributed by atoms with van der Waals surface area (Å²) in [5.74, 6) is 0.672. The van der Waals surface area contributed by atoms with E-state index in [4.69, 9.17) is 11.6 Å². The molecule has 4 nitrogen and oxygen atoms in total. The van der Waals surface area contributed by atoms with Crippen molar-refractivity contribution in [3.8, 4) is 0 Å². The Morgan fingerprint density at radius 3 is 2.81 bits per heavy atom. The molecule has 0 amide bonds. The van der Waals surface area contributed by atoms with Gasteiger partial charge < -0.3 is 4.90 Å². The van der Waals surface area contributed by atoms with Gasteiger partial charge in [-0.3, -0.25) is 0 Å². The Hall–Kier alpha value is -1.68. The second kappa shape index (κ2) is 4.45. The number of hydrogen-bond acceptors (Lipinski definition) is 4. The molecule has 0 atom stereocenters. The van der Waals surface area contributed by atoms with Crippen molar-refractivity contribution in [2.45, 2.75) is 6.92 Å². The minimum atomic E-state index is 0.150. The van der Waals surface area contributed by atoms with Gasteiger partial charge in [0.1, 0.15) is 0 Å². The normalized spacial score (nSPS) is 10.2. The Labute approximate surface area is 98.9 Å². The molecule has 82 valence electrons. The summed E-state index contributed by atoms with van der Waals surface area (Å²) < 4.78 is 0. The van der Waals surface area contributed by atoms with Crippen molar-refractivity contribution in [1.29, 1.82) is 0 Å². The van der Waals surface area contributed by atoms with Crippen molar-refractivity contribution >= 4 is 23.1 Å². The second-order valence-electron chi connectivity index (χ2n) is 3.48. The Morgan fingerprint density at radius 1 is 1.31 bits per heavy atom. The van der Waals surface area contributed by atoms with Gasteiger partial charge in [-0.15, -0.1) is 5.10 Å². The van der Waals surface area contributed by atoms with Crippen LogP contribution in [0.1, 0.15) is 5.56 Å². The van der Waals surface area contributed by atoms with E-state index in [1.807, 2.05) is 37.1 Å². The largest absolute Gasteiger partial charge is 0.328 e. The fourth-order valence-corrected chi connectivity index (χ4v) is 1.53. The van der Waals surface area contributed by atoms with E-state index in [2.05, 4.69) is 21.2 Å². The highest BCUT2D eigenvalue weighted by molar-refractivity contribution is 6.28. The van der Waals surface area contributed by atoms with Crippen LogP contribution in [0.25, 0.3) is 0 Å². The molecule has 0 spiro atoms. The lowest BCUT2D eigenvalue weighted by Crippen LogP contribution is -2.12. The molecule has 0 saturated heterocycles. The molecule has 16 heavy (non-hydrogen) atoms.